The van der Waals surface area contributed by atoms with Crippen LogP contribution in [0.25, 0.3) is 10.9 Å². The van der Waals surface area contributed by atoms with Crippen LogP contribution in [-0.4, -0.2) is 54.0 Å². The highest BCUT2D eigenvalue weighted by atomic mass is 16.5. The van der Waals surface area contributed by atoms with Crippen LogP contribution in [0.15, 0.2) is 42.5 Å². The molecular formula is C25H25N3O5. The molecule has 2 amide bonds. The zero-order chi connectivity index (χ0) is 23.1. The normalized spacial score (nSPS) is 18.6. The summed E-state index contributed by atoms with van der Waals surface area (Å²) in [6.07, 6.45) is 0.927. The Morgan fingerprint density at radius 2 is 1.94 bits per heavy atom. The smallest absolute Gasteiger partial charge is 0.338 e. The van der Waals surface area contributed by atoms with E-state index in [1.54, 1.807) is 38.3 Å². The predicted molar refractivity (Wildman–Crippen MR) is 122 cm³/mol. The van der Waals surface area contributed by atoms with Gasteiger partial charge in [-0.25, -0.2) is 9.69 Å². The van der Waals surface area contributed by atoms with Crippen LogP contribution in [0.2, 0.25) is 0 Å². The van der Waals surface area contributed by atoms with Gasteiger partial charge >= 0.3 is 5.97 Å². The topological polar surface area (TPSA) is 91.9 Å². The highest BCUT2D eigenvalue weighted by Gasteiger charge is 2.43. The molecule has 5 rings (SSSR count). The van der Waals surface area contributed by atoms with Gasteiger partial charge in [-0.2, -0.15) is 0 Å². The van der Waals surface area contributed by atoms with Gasteiger partial charge in [0.1, 0.15) is 5.75 Å². The number of fused-ring (bicyclic) bond motifs is 3. The van der Waals surface area contributed by atoms with Gasteiger partial charge in [0, 0.05) is 29.7 Å². The van der Waals surface area contributed by atoms with E-state index in [0.29, 0.717) is 24.3 Å². The second kappa shape index (κ2) is 8.37. The largest absolute Gasteiger partial charge is 0.497 e. The number of hydrogen-bond donors (Lipinski definition) is 1. The van der Waals surface area contributed by atoms with Gasteiger partial charge in [0.15, 0.2) is 0 Å². The van der Waals surface area contributed by atoms with Gasteiger partial charge in [-0.1, -0.05) is 0 Å². The highest BCUT2D eigenvalue weighted by Crippen LogP contribution is 2.33. The number of nitrogens with one attached hydrogen (secondary N) is 1. The number of amides is 2. The maximum atomic E-state index is 13.2. The molecule has 1 fully saturated rings. The zero-order valence-corrected chi connectivity index (χ0v) is 18.6. The molecule has 1 aromatic heterocycles. The van der Waals surface area contributed by atoms with Crippen molar-refractivity contribution in [1.82, 2.24) is 9.88 Å². The Hall–Kier alpha value is -3.65. The second-order valence-electron chi connectivity index (χ2n) is 8.27. The predicted octanol–water partition coefficient (Wildman–Crippen LogP) is 3.04. The molecule has 1 N–H and O–H groups in total. The Morgan fingerprint density at radius 3 is 2.67 bits per heavy atom. The minimum absolute atomic E-state index is 0.141. The van der Waals surface area contributed by atoms with E-state index >= 15 is 0 Å². The van der Waals surface area contributed by atoms with E-state index in [4.69, 9.17) is 9.47 Å². The molecule has 8 nitrogen and oxygen atoms in total. The Balaban J connectivity index is 1.35. The van der Waals surface area contributed by atoms with Crippen molar-refractivity contribution < 1.29 is 23.9 Å². The van der Waals surface area contributed by atoms with E-state index < -0.39 is 12.0 Å². The van der Waals surface area contributed by atoms with Crippen molar-refractivity contribution in [2.24, 2.45) is 0 Å². The summed E-state index contributed by atoms with van der Waals surface area (Å²) in [6, 6.07) is 11.8. The quantitative estimate of drug-likeness (QED) is 0.478. The van der Waals surface area contributed by atoms with Gasteiger partial charge in [-0.3, -0.25) is 14.5 Å². The standard InChI is InChI=1S/C25H25N3O5/c1-3-33-25(31)15-4-6-16(7-5-15)28-23(29)13-22(24(28)30)27-11-10-18-19-12-17(32-2)8-9-20(19)26-21(18)14-27/h4-9,12,22,26H,3,10-11,13-14H2,1-2H3. The third-order valence-electron chi connectivity index (χ3n) is 6.41. The van der Waals surface area contributed by atoms with E-state index in [-0.39, 0.29) is 24.8 Å². The summed E-state index contributed by atoms with van der Waals surface area (Å²) in [5.74, 6) is -0.0832. The molecule has 3 aromatic rings. The van der Waals surface area contributed by atoms with Crippen LogP contribution in [0, 0.1) is 0 Å². The summed E-state index contributed by atoms with van der Waals surface area (Å²) < 4.78 is 10.4. The van der Waals surface area contributed by atoms with Gasteiger partial charge in [0.05, 0.1) is 37.4 Å². The zero-order valence-electron chi connectivity index (χ0n) is 18.6. The first kappa shape index (κ1) is 21.2. The Labute approximate surface area is 191 Å². The number of carbonyl (C=O) groups excluding carboxylic acids is 3. The van der Waals surface area contributed by atoms with Gasteiger partial charge in [-0.15, -0.1) is 0 Å². The number of ether oxygens (including phenoxy) is 2. The molecule has 0 aliphatic carbocycles. The van der Waals surface area contributed by atoms with Crippen LogP contribution in [0.3, 0.4) is 0 Å². The molecule has 170 valence electrons. The number of benzene rings is 2. The first-order valence-electron chi connectivity index (χ1n) is 11.1. The molecular weight excluding hydrogens is 422 g/mol. The number of imide groups is 1. The number of H-pyrrole nitrogens is 1. The van der Waals surface area contributed by atoms with Gasteiger partial charge in [0.2, 0.25) is 5.91 Å². The van der Waals surface area contributed by atoms with Crippen molar-refractivity contribution in [1.29, 1.82) is 0 Å². The lowest BCUT2D eigenvalue weighted by Gasteiger charge is -2.30. The molecule has 2 aliphatic heterocycles. The second-order valence-corrected chi connectivity index (χ2v) is 8.27. The molecule has 0 spiro atoms. The molecule has 1 saturated heterocycles. The molecule has 3 heterocycles. The molecule has 1 atom stereocenters. The minimum atomic E-state index is -0.503. The highest BCUT2D eigenvalue weighted by molar-refractivity contribution is 6.22. The third-order valence-corrected chi connectivity index (χ3v) is 6.41. The third kappa shape index (κ3) is 3.66. The Morgan fingerprint density at radius 1 is 1.15 bits per heavy atom. The molecule has 0 bridgehead atoms. The molecule has 1 unspecified atom stereocenters. The number of methoxy groups -OCH3 is 1. The van der Waals surface area contributed by atoms with Gasteiger partial charge in [0.25, 0.3) is 5.91 Å². The summed E-state index contributed by atoms with van der Waals surface area (Å²) in [5.41, 5.74) is 4.20. The molecule has 0 saturated carbocycles. The lowest BCUT2D eigenvalue weighted by Crippen LogP contribution is -2.44. The van der Waals surface area contributed by atoms with Crippen LogP contribution in [0.5, 0.6) is 5.75 Å². The number of rotatable bonds is 5. The lowest BCUT2D eigenvalue weighted by atomic mass is 10.0. The van der Waals surface area contributed by atoms with Gasteiger partial charge < -0.3 is 14.5 Å². The van der Waals surface area contributed by atoms with Crippen molar-refractivity contribution in [2.75, 3.05) is 25.2 Å². The average Bonchev–Trinajstić information content (AvgIpc) is 3.34. The fourth-order valence-electron chi connectivity index (χ4n) is 4.77. The summed E-state index contributed by atoms with van der Waals surface area (Å²) in [4.78, 5) is 44.7. The fourth-order valence-corrected chi connectivity index (χ4v) is 4.77. The van der Waals surface area contributed by atoms with Crippen molar-refractivity contribution in [3.05, 3.63) is 59.3 Å². The van der Waals surface area contributed by atoms with Crippen LogP contribution in [0.4, 0.5) is 5.69 Å². The van der Waals surface area contributed by atoms with E-state index in [0.717, 1.165) is 28.8 Å². The van der Waals surface area contributed by atoms with Crippen LogP contribution >= 0.6 is 0 Å². The van der Waals surface area contributed by atoms with E-state index in [1.165, 1.54) is 10.5 Å². The molecule has 8 heteroatoms. The number of aromatic amines is 1. The van der Waals surface area contributed by atoms with Gasteiger partial charge in [-0.05, 0) is 61.4 Å². The lowest BCUT2D eigenvalue weighted by molar-refractivity contribution is -0.123. The molecule has 2 aromatic carbocycles. The summed E-state index contributed by atoms with van der Waals surface area (Å²) in [6.45, 7) is 3.29. The summed E-state index contributed by atoms with van der Waals surface area (Å²) in [5, 5.41) is 1.14. The number of aromatic nitrogens is 1. The van der Waals surface area contributed by atoms with Crippen molar-refractivity contribution >= 4 is 34.4 Å². The maximum Gasteiger partial charge on any atom is 0.338 e. The number of nitrogens with zero attached hydrogens (tertiary/aromatic N) is 2. The minimum Gasteiger partial charge on any atom is -0.497 e. The summed E-state index contributed by atoms with van der Waals surface area (Å²) >= 11 is 0. The maximum absolute atomic E-state index is 13.2. The summed E-state index contributed by atoms with van der Waals surface area (Å²) in [7, 11) is 1.65. The number of hydrogen-bond acceptors (Lipinski definition) is 6. The van der Waals surface area contributed by atoms with Crippen molar-refractivity contribution in [3.63, 3.8) is 0 Å². The molecule has 2 aliphatic rings. The number of carbonyl (C=O) groups is 3. The van der Waals surface area contributed by atoms with E-state index in [1.807, 2.05) is 18.2 Å². The Bertz CT molecular complexity index is 1250. The van der Waals surface area contributed by atoms with Crippen molar-refractivity contribution in [2.45, 2.75) is 32.4 Å². The monoisotopic (exact) mass is 447 g/mol. The van der Waals surface area contributed by atoms with Crippen LogP contribution in [-0.2, 0) is 27.3 Å². The fraction of sp³-hybridized carbons (Fsp3) is 0.320. The SMILES string of the molecule is CCOC(=O)c1ccc(N2C(=O)CC(N3CCc4c([nH]c5ccc(OC)cc45)C3)C2=O)cc1. The van der Waals surface area contributed by atoms with E-state index in [2.05, 4.69) is 9.88 Å². The van der Waals surface area contributed by atoms with Crippen molar-refractivity contribution in [3.8, 4) is 5.75 Å². The van der Waals surface area contributed by atoms with E-state index in [9.17, 15) is 14.4 Å². The Kier molecular flexibility index (Phi) is 5.38. The first-order chi connectivity index (χ1) is 16.0. The average molecular weight is 447 g/mol. The molecule has 33 heavy (non-hydrogen) atoms. The van der Waals surface area contributed by atoms with Crippen LogP contribution in [0.1, 0.15) is 35.0 Å². The number of esters is 1. The molecule has 0 radical (unpaired) electrons. The first-order valence-corrected chi connectivity index (χ1v) is 11.1. The number of anilines is 1. The van der Waals surface area contributed by atoms with Crippen LogP contribution < -0.4 is 9.64 Å².